The molecule has 2 saturated heterocycles. The van der Waals surface area contributed by atoms with Gasteiger partial charge in [0.2, 0.25) is 5.91 Å². The van der Waals surface area contributed by atoms with Crippen molar-refractivity contribution in [3.63, 3.8) is 0 Å². The number of carboxylic acid groups (broad SMARTS) is 1. The predicted molar refractivity (Wildman–Crippen MR) is 147 cm³/mol. The lowest BCUT2D eigenvalue weighted by molar-refractivity contribution is -0.145. The molecule has 2 aliphatic heterocycles. The summed E-state index contributed by atoms with van der Waals surface area (Å²) in [6.07, 6.45) is 6.63. The molecule has 2 aromatic carbocycles. The number of hydrogen-bond donors (Lipinski definition) is 3. The zero-order chi connectivity index (χ0) is 27.2. The minimum atomic E-state index is -1.43. The summed E-state index contributed by atoms with van der Waals surface area (Å²) in [6, 6.07) is 15.1. The van der Waals surface area contributed by atoms with E-state index in [4.69, 9.17) is 0 Å². The first-order valence-corrected chi connectivity index (χ1v) is 14.0. The Labute approximate surface area is 225 Å². The lowest BCUT2D eigenvalue weighted by Crippen LogP contribution is -2.57. The van der Waals surface area contributed by atoms with Gasteiger partial charge in [0.1, 0.15) is 11.4 Å². The van der Waals surface area contributed by atoms with Crippen LogP contribution < -0.4 is 15.8 Å². The van der Waals surface area contributed by atoms with Gasteiger partial charge in [0.05, 0.1) is 5.69 Å². The van der Waals surface area contributed by atoms with E-state index < -0.39 is 28.8 Å². The van der Waals surface area contributed by atoms with E-state index in [0.717, 1.165) is 38.9 Å². The fourth-order valence-electron chi connectivity index (χ4n) is 6.15. The highest BCUT2D eigenvalue weighted by Gasteiger charge is 2.66. The molecule has 2 aliphatic rings. The van der Waals surface area contributed by atoms with Crippen molar-refractivity contribution < 1.29 is 19.1 Å². The molecule has 8 heteroatoms. The van der Waals surface area contributed by atoms with Crippen molar-refractivity contribution in [1.29, 1.82) is 0 Å². The van der Waals surface area contributed by atoms with E-state index in [0.29, 0.717) is 24.2 Å². The molecule has 206 valence electrons. The molecule has 0 spiro atoms. The van der Waals surface area contributed by atoms with Crippen molar-refractivity contribution in [3.05, 3.63) is 66.0 Å². The fraction of sp³-hybridized carbons (Fsp3) is 0.533. The van der Waals surface area contributed by atoms with Crippen LogP contribution in [0.15, 0.2) is 54.6 Å². The number of carbonyl (C=O) groups excluding carboxylic acids is 1. The quantitative estimate of drug-likeness (QED) is 0.370. The van der Waals surface area contributed by atoms with Gasteiger partial charge >= 0.3 is 5.97 Å². The minimum Gasteiger partial charge on any atom is -0.479 e. The first-order valence-electron chi connectivity index (χ1n) is 14.0. The molecule has 0 saturated carbocycles. The Morgan fingerprint density at radius 2 is 1.74 bits per heavy atom. The van der Waals surface area contributed by atoms with E-state index in [1.165, 1.54) is 31.4 Å². The average molecular weight is 525 g/mol. The van der Waals surface area contributed by atoms with Crippen LogP contribution in [0.2, 0.25) is 0 Å². The Kier molecular flexibility index (Phi) is 9.05. The van der Waals surface area contributed by atoms with Crippen molar-refractivity contribution in [2.45, 2.75) is 69.9 Å². The molecule has 7 nitrogen and oxygen atoms in total. The number of unbranched alkanes of at least 4 members (excludes halogenated alkanes) is 1. The Balaban J connectivity index is 1.72. The lowest BCUT2D eigenvalue weighted by Gasteiger charge is -2.37. The molecule has 2 fully saturated rings. The second-order valence-corrected chi connectivity index (χ2v) is 10.8. The molecule has 0 bridgehead atoms. The van der Waals surface area contributed by atoms with Crippen molar-refractivity contribution in [1.82, 2.24) is 15.6 Å². The van der Waals surface area contributed by atoms with Crippen LogP contribution in [0.3, 0.4) is 0 Å². The number of nitrogens with zero attached hydrogens (tertiary/aromatic N) is 2. The molecule has 2 heterocycles. The topological polar surface area (TPSA) is 84.9 Å². The summed E-state index contributed by atoms with van der Waals surface area (Å²) in [6.45, 7) is 7.32. The van der Waals surface area contributed by atoms with Gasteiger partial charge in [0.25, 0.3) is 0 Å². The highest BCUT2D eigenvalue weighted by atomic mass is 19.1. The normalized spacial score (nSPS) is 25.9. The van der Waals surface area contributed by atoms with Gasteiger partial charge in [0.15, 0.2) is 5.54 Å². The molecule has 3 atom stereocenters. The predicted octanol–water partition coefficient (Wildman–Crippen LogP) is 4.69. The van der Waals surface area contributed by atoms with Crippen LogP contribution in [0.5, 0.6) is 0 Å². The summed E-state index contributed by atoms with van der Waals surface area (Å²) < 4.78 is 14.0. The van der Waals surface area contributed by atoms with Crippen LogP contribution >= 0.6 is 0 Å². The van der Waals surface area contributed by atoms with Crippen LogP contribution in [0.1, 0.15) is 64.4 Å². The third-order valence-corrected chi connectivity index (χ3v) is 8.29. The molecule has 1 amide bonds. The number of benzene rings is 2. The highest BCUT2D eigenvalue weighted by Crippen LogP contribution is 2.50. The maximum absolute atomic E-state index is 14.3. The number of amides is 1. The first-order chi connectivity index (χ1) is 18.3. The van der Waals surface area contributed by atoms with Crippen LogP contribution in [-0.4, -0.2) is 53.6 Å². The third kappa shape index (κ3) is 5.43. The van der Waals surface area contributed by atoms with Crippen LogP contribution in [0.4, 0.5) is 10.1 Å². The van der Waals surface area contributed by atoms with E-state index in [-0.39, 0.29) is 5.91 Å². The number of carboxylic acids is 1. The Bertz CT molecular complexity index is 1080. The number of piperidine rings is 1. The summed E-state index contributed by atoms with van der Waals surface area (Å²) in [5, 5.41) is 15.4. The van der Waals surface area contributed by atoms with E-state index in [9.17, 15) is 19.1 Å². The maximum Gasteiger partial charge on any atom is 0.331 e. The molecule has 4 rings (SSSR count). The number of aliphatic carboxylic acids is 1. The maximum atomic E-state index is 14.3. The first kappa shape index (κ1) is 28.0. The molecule has 0 radical (unpaired) electrons. The molecule has 2 aromatic rings. The Morgan fingerprint density at radius 1 is 1.05 bits per heavy atom. The molecule has 0 aromatic heterocycles. The average Bonchev–Trinajstić information content (AvgIpc) is 3.21. The number of hydrogen-bond acceptors (Lipinski definition) is 5. The van der Waals surface area contributed by atoms with Crippen LogP contribution in [-0.2, 0) is 15.1 Å². The molecule has 38 heavy (non-hydrogen) atoms. The minimum absolute atomic E-state index is 0.283. The van der Waals surface area contributed by atoms with E-state index in [1.54, 1.807) is 24.1 Å². The Hall–Kier alpha value is -2.97. The van der Waals surface area contributed by atoms with Crippen LogP contribution in [0.25, 0.3) is 0 Å². The summed E-state index contributed by atoms with van der Waals surface area (Å²) in [5.74, 6) is -2.33. The largest absolute Gasteiger partial charge is 0.479 e. The SMILES string of the molecule is CCCCC1C(C(=O)NCCCN2CCCCC2)(c2ccc(F)cc2)NN(c2ccccc2)C1(C)C(=O)O. The summed E-state index contributed by atoms with van der Waals surface area (Å²) in [7, 11) is 0. The second kappa shape index (κ2) is 12.3. The lowest BCUT2D eigenvalue weighted by atomic mass is 9.68. The number of rotatable bonds is 11. The van der Waals surface area contributed by atoms with Gasteiger partial charge in [-0.25, -0.2) is 14.6 Å². The zero-order valence-corrected chi connectivity index (χ0v) is 22.6. The number of likely N-dealkylation sites (tertiary alicyclic amines) is 1. The van der Waals surface area contributed by atoms with Crippen LogP contribution in [0, 0.1) is 11.7 Å². The summed E-state index contributed by atoms with van der Waals surface area (Å²) in [5.41, 5.74) is 1.77. The van der Waals surface area contributed by atoms with Crippen molar-refractivity contribution in [2.24, 2.45) is 5.92 Å². The third-order valence-electron chi connectivity index (χ3n) is 8.29. The van der Waals surface area contributed by atoms with Crippen molar-refractivity contribution >= 4 is 17.6 Å². The van der Waals surface area contributed by atoms with Gasteiger partial charge in [-0.1, -0.05) is 56.5 Å². The fourth-order valence-corrected chi connectivity index (χ4v) is 6.15. The summed E-state index contributed by atoms with van der Waals surface area (Å²) in [4.78, 5) is 29.7. The summed E-state index contributed by atoms with van der Waals surface area (Å²) >= 11 is 0. The zero-order valence-electron chi connectivity index (χ0n) is 22.6. The molecule has 3 N–H and O–H groups in total. The Morgan fingerprint density at radius 3 is 2.37 bits per heavy atom. The number of halogens is 1. The monoisotopic (exact) mass is 524 g/mol. The molecule has 0 aliphatic carbocycles. The number of hydrazine groups is 1. The van der Waals surface area contributed by atoms with E-state index in [1.807, 2.05) is 30.3 Å². The van der Waals surface area contributed by atoms with Gasteiger partial charge in [-0.3, -0.25) is 9.80 Å². The van der Waals surface area contributed by atoms with Crippen molar-refractivity contribution in [2.75, 3.05) is 31.2 Å². The van der Waals surface area contributed by atoms with Crippen molar-refractivity contribution in [3.8, 4) is 0 Å². The van der Waals surface area contributed by atoms with Gasteiger partial charge in [-0.15, -0.1) is 0 Å². The van der Waals surface area contributed by atoms with Gasteiger partial charge in [-0.05, 0) is 82.1 Å². The highest BCUT2D eigenvalue weighted by molar-refractivity contribution is 5.94. The van der Waals surface area contributed by atoms with Gasteiger partial charge in [-0.2, -0.15) is 0 Å². The van der Waals surface area contributed by atoms with E-state index in [2.05, 4.69) is 22.6 Å². The number of para-hydroxylation sites is 1. The smallest absolute Gasteiger partial charge is 0.331 e. The van der Waals surface area contributed by atoms with E-state index >= 15 is 0 Å². The molecule has 3 unspecified atom stereocenters. The number of anilines is 1. The molecular weight excluding hydrogens is 483 g/mol. The van der Waals surface area contributed by atoms with Gasteiger partial charge in [0, 0.05) is 12.5 Å². The standard InChI is InChI=1S/C30H41FN4O3/c1-3-4-14-26-29(2,28(37)38)35(25-12-7-5-8-13-25)33-30(26,23-15-17-24(31)18-16-23)27(36)32-19-11-22-34-20-9-6-10-21-34/h5,7-8,12-13,15-18,26,33H,3-4,6,9-11,14,19-22H2,1-2H3,(H,32,36)(H,37,38). The molecular formula is C30H41FN4O3. The number of carbonyl (C=O) groups is 2. The number of nitrogens with one attached hydrogen (secondary N) is 2. The second-order valence-electron chi connectivity index (χ2n) is 10.8. The van der Waals surface area contributed by atoms with Gasteiger partial charge < -0.3 is 15.3 Å².